The van der Waals surface area contributed by atoms with Gasteiger partial charge in [-0.15, -0.1) is 0 Å². The lowest BCUT2D eigenvalue weighted by molar-refractivity contribution is 0.580. The van der Waals surface area contributed by atoms with Gasteiger partial charge < -0.3 is 10.6 Å². The number of nitrogens with one attached hydrogen (secondary N) is 3. The maximum Gasteiger partial charge on any atom is 0.240 e. The van der Waals surface area contributed by atoms with Gasteiger partial charge in [0.1, 0.15) is 0 Å². The molecule has 0 fully saturated rings. The summed E-state index contributed by atoms with van der Waals surface area (Å²) in [7, 11) is -1.64. The van der Waals surface area contributed by atoms with Crippen LogP contribution >= 0.6 is 0 Å². The van der Waals surface area contributed by atoms with Gasteiger partial charge in [-0.2, -0.15) is 5.10 Å². The summed E-state index contributed by atoms with van der Waals surface area (Å²) in [6, 6.07) is 8.67. The molecule has 1 aromatic heterocycles. The van der Waals surface area contributed by atoms with Crippen LogP contribution in [0.1, 0.15) is 18.2 Å². The summed E-state index contributed by atoms with van der Waals surface area (Å²) in [5.41, 5.74) is 2.01. The Kier molecular flexibility index (Phi) is 7.16. The van der Waals surface area contributed by atoms with E-state index in [9.17, 15) is 8.42 Å². The van der Waals surface area contributed by atoms with Gasteiger partial charge >= 0.3 is 0 Å². The predicted octanol–water partition coefficient (Wildman–Crippen LogP) is 0.762. The summed E-state index contributed by atoms with van der Waals surface area (Å²) >= 11 is 0. The number of sulfonamides is 1. The normalized spacial score (nSPS) is 12.2. The van der Waals surface area contributed by atoms with Gasteiger partial charge in [0.15, 0.2) is 5.96 Å². The Bertz CT molecular complexity index is 827. The van der Waals surface area contributed by atoms with E-state index >= 15 is 0 Å². The number of hydrogen-bond donors (Lipinski definition) is 3. The fraction of sp³-hybridized carbons (Fsp3) is 0.412. The molecular weight excluding hydrogens is 352 g/mol. The van der Waals surface area contributed by atoms with E-state index in [-0.39, 0.29) is 11.4 Å². The lowest BCUT2D eigenvalue weighted by Crippen LogP contribution is -2.41. The van der Waals surface area contributed by atoms with Gasteiger partial charge in [0.05, 0.1) is 17.1 Å². The van der Waals surface area contributed by atoms with E-state index in [0.717, 1.165) is 11.3 Å². The highest BCUT2D eigenvalue weighted by Gasteiger charge is 2.12. The summed E-state index contributed by atoms with van der Waals surface area (Å²) in [5.74, 6) is 0.628. The van der Waals surface area contributed by atoms with Gasteiger partial charge in [-0.1, -0.05) is 17.7 Å². The maximum absolute atomic E-state index is 12.2. The molecule has 0 amide bonds. The van der Waals surface area contributed by atoms with E-state index in [1.54, 1.807) is 35.1 Å². The van der Waals surface area contributed by atoms with Crippen LogP contribution in [0.5, 0.6) is 0 Å². The van der Waals surface area contributed by atoms with E-state index in [4.69, 9.17) is 0 Å². The van der Waals surface area contributed by atoms with Crippen molar-refractivity contribution in [3.8, 4) is 0 Å². The Hall–Kier alpha value is -2.39. The van der Waals surface area contributed by atoms with E-state index in [0.29, 0.717) is 25.6 Å². The maximum atomic E-state index is 12.2. The highest BCUT2D eigenvalue weighted by atomic mass is 32.2. The molecule has 2 aromatic rings. The molecular formula is C17H26N6O2S. The number of aliphatic imine (C=N–C) groups is 1. The Morgan fingerprint density at radius 2 is 1.88 bits per heavy atom. The van der Waals surface area contributed by atoms with Gasteiger partial charge in [0.25, 0.3) is 0 Å². The number of aryl methyl sites for hydroxylation is 2. The van der Waals surface area contributed by atoms with Crippen LogP contribution in [0.4, 0.5) is 0 Å². The highest BCUT2D eigenvalue weighted by Crippen LogP contribution is 2.09. The Morgan fingerprint density at radius 3 is 2.50 bits per heavy atom. The van der Waals surface area contributed by atoms with Crippen LogP contribution in [0.25, 0.3) is 0 Å². The van der Waals surface area contributed by atoms with Gasteiger partial charge in [-0.05, 0) is 32.0 Å². The van der Waals surface area contributed by atoms with E-state index in [2.05, 4.69) is 25.4 Å². The largest absolute Gasteiger partial charge is 0.357 e. The zero-order valence-corrected chi connectivity index (χ0v) is 16.2. The average molecular weight is 379 g/mol. The van der Waals surface area contributed by atoms with Crippen LogP contribution in [0, 0.1) is 6.92 Å². The van der Waals surface area contributed by atoms with E-state index in [1.807, 2.05) is 27.0 Å². The van der Waals surface area contributed by atoms with Gasteiger partial charge in [-0.25, -0.2) is 18.1 Å². The second-order valence-corrected chi connectivity index (χ2v) is 7.55. The first-order chi connectivity index (χ1) is 12.4. The molecule has 142 valence electrons. The Labute approximate surface area is 154 Å². The molecule has 2 rings (SSSR count). The van der Waals surface area contributed by atoms with Gasteiger partial charge in [-0.3, -0.25) is 4.68 Å². The fourth-order valence-electron chi connectivity index (χ4n) is 2.23. The molecule has 1 heterocycles. The van der Waals surface area contributed by atoms with Gasteiger partial charge in [0.2, 0.25) is 10.0 Å². The summed E-state index contributed by atoms with van der Waals surface area (Å²) in [5, 5.41) is 10.4. The first-order valence-corrected chi connectivity index (χ1v) is 9.96. The summed E-state index contributed by atoms with van der Waals surface area (Å²) in [6.07, 6.45) is 1.73. The van der Waals surface area contributed by atoms with Crippen LogP contribution < -0.4 is 15.4 Å². The molecule has 3 N–H and O–H groups in total. The minimum Gasteiger partial charge on any atom is -0.357 e. The summed E-state index contributed by atoms with van der Waals surface area (Å²) in [4.78, 5) is 4.74. The fourth-order valence-corrected chi connectivity index (χ4v) is 3.26. The van der Waals surface area contributed by atoms with Crippen molar-refractivity contribution in [3.05, 3.63) is 47.8 Å². The third-order valence-electron chi connectivity index (χ3n) is 3.71. The average Bonchev–Trinajstić information content (AvgIpc) is 3.02. The Morgan fingerprint density at radius 1 is 1.15 bits per heavy atom. The molecule has 0 aliphatic carbocycles. The predicted molar refractivity (Wildman–Crippen MR) is 102 cm³/mol. The molecule has 0 bridgehead atoms. The van der Waals surface area contributed by atoms with Crippen molar-refractivity contribution in [2.75, 3.05) is 19.6 Å². The van der Waals surface area contributed by atoms with Crippen molar-refractivity contribution in [2.45, 2.75) is 25.3 Å². The van der Waals surface area contributed by atoms with Crippen LogP contribution in [-0.2, 0) is 23.6 Å². The van der Waals surface area contributed by atoms with Gasteiger partial charge in [0, 0.05) is 32.9 Å². The molecule has 0 spiro atoms. The number of benzene rings is 1. The minimum atomic E-state index is -3.50. The zero-order chi connectivity index (χ0) is 19.0. The standard InChI is InChI=1S/C17H26N6O2S/c1-4-18-17(20-13-15-9-10-21-23(15)3)19-11-12-22-26(24,25)16-7-5-14(2)6-8-16/h5-10,22H,4,11-13H2,1-3H3,(H2,18,19,20). The monoisotopic (exact) mass is 378 g/mol. The van der Waals surface area contributed by atoms with Crippen molar-refractivity contribution in [1.82, 2.24) is 25.1 Å². The second-order valence-electron chi connectivity index (χ2n) is 5.78. The molecule has 9 heteroatoms. The van der Waals surface area contributed by atoms with Crippen molar-refractivity contribution < 1.29 is 8.42 Å². The molecule has 0 atom stereocenters. The van der Waals surface area contributed by atoms with Crippen LogP contribution in [0.2, 0.25) is 0 Å². The molecule has 0 aliphatic rings. The number of guanidine groups is 1. The number of rotatable bonds is 8. The molecule has 0 unspecified atom stereocenters. The first kappa shape index (κ1) is 19.9. The Balaban J connectivity index is 1.85. The molecule has 26 heavy (non-hydrogen) atoms. The number of aromatic nitrogens is 2. The van der Waals surface area contributed by atoms with Crippen molar-refractivity contribution >= 4 is 16.0 Å². The van der Waals surface area contributed by atoms with Crippen LogP contribution in [-0.4, -0.2) is 43.8 Å². The van der Waals surface area contributed by atoms with Crippen molar-refractivity contribution in [3.63, 3.8) is 0 Å². The summed E-state index contributed by atoms with van der Waals surface area (Å²) in [6.45, 7) is 5.77. The van der Waals surface area contributed by atoms with Crippen LogP contribution in [0.15, 0.2) is 46.4 Å². The van der Waals surface area contributed by atoms with Crippen molar-refractivity contribution in [2.24, 2.45) is 12.0 Å². The second kappa shape index (κ2) is 9.35. The highest BCUT2D eigenvalue weighted by molar-refractivity contribution is 7.89. The van der Waals surface area contributed by atoms with E-state index < -0.39 is 10.0 Å². The number of hydrogen-bond acceptors (Lipinski definition) is 4. The molecule has 8 nitrogen and oxygen atoms in total. The smallest absolute Gasteiger partial charge is 0.240 e. The third kappa shape index (κ3) is 5.85. The molecule has 1 aromatic carbocycles. The SMILES string of the molecule is CCNC(=NCc1ccnn1C)NCCNS(=O)(=O)c1ccc(C)cc1. The summed E-state index contributed by atoms with van der Waals surface area (Å²) < 4.78 is 28.8. The molecule has 0 saturated heterocycles. The van der Waals surface area contributed by atoms with Crippen molar-refractivity contribution in [1.29, 1.82) is 0 Å². The first-order valence-electron chi connectivity index (χ1n) is 8.48. The van der Waals surface area contributed by atoms with Crippen LogP contribution in [0.3, 0.4) is 0 Å². The quantitative estimate of drug-likeness (QED) is 0.358. The minimum absolute atomic E-state index is 0.256. The number of nitrogens with zero attached hydrogens (tertiary/aromatic N) is 3. The lowest BCUT2D eigenvalue weighted by atomic mass is 10.2. The zero-order valence-electron chi connectivity index (χ0n) is 15.4. The van der Waals surface area contributed by atoms with E-state index in [1.165, 1.54) is 0 Å². The third-order valence-corrected chi connectivity index (χ3v) is 5.18. The topological polar surface area (TPSA) is 100 Å². The molecule has 0 saturated carbocycles. The lowest BCUT2D eigenvalue weighted by Gasteiger charge is -2.12. The molecule has 0 aliphatic heterocycles. The molecule has 0 radical (unpaired) electrons.